The van der Waals surface area contributed by atoms with Gasteiger partial charge in [-0.2, -0.15) is 13.2 Å². The maximum atomic E-state index is 12.1. The van der Waals surface area contributed by atoms with Crippen molar-refractivity contribution in [2.75, 3.05) is 18.5 Å². The number of anilines is 1. The van der Waals surface area contributed by atoms with Gasteiger partial charge in [0.25, 0.3) is 0 Å². The highest BCUT2D eigenvalue weighted by Crippen LogP contribution is 2.19. The van der Waals surface area contributed by atoms with Gasteiger partial charge in [0.05, 0.1) is 5.69 Å². The van der Waals surface area contributed by atoms with Gasteiger partial charge in [0.2, 0.25) is 0 Å². The van der Waals surface area contributed by atoms with Gasteiger partial charge in [-0.05, 0) is 12.1 Å². The number of hydrogen-bond donors (Lipinski definition) is 1. The van der Waals surface area contributed by atoms with Crippen LogP contribution in [0.3, 0.4) is 0 Å². The SMILES string of the molecule is CN(CC(F)(F)F)c1cccc(CN)n1. The van der Waals surface area contributed by atoms with Crippen LogP contribution >= 0.6 is 0 Å². The second-order valence-electron chi connectivity index (χ2n) is 3.16. The van der Waals surface area contributed by atoms with Crippen LogP contribution in [0.4, 0.5) is 19.0 Å². The molecule has 0 spiro atoms. The van der Waals surface area contributed by atoms with Gasteiger partial charge in [-0.3, -0.25) is 0 Å². The molecule has 0 radical (unpaired) electrons. The van der Waals surface area contributed by atoms with E-state index in [2.05, 4.69) is 4.98 Å². The first-order valence-corrected chi connectivity index (χ1v) is 4.36. The predicted octanol–water partition coefficient (Wildman–Crippen LogP) is 1.54. The molecule has 2 N–H and O–H groups in total. The van der Waals surface area contributed by atoms with Gasteiger partial charge in [-0.15, -0.1) is 0 Å². The third-order valence-electron chi connectivity index (χ3n) is 1.81. The molecule has 0 fully saturated rings. The molecular formula is C9H12F3N3. The Hall–Kier alpha value is -1.30. The van der Waals surface area contributed by atoms with Crippen LogP contribution in [0.2, 0.25) is 0 Å². The maximum Gasteiger partial charge on any atom is 0.405 e. The first kappa shape index (κ1) is 11.8. The number of halogens is 3. The number of hydrogen-bond acceptors (Lipinski definition) is 3. The van der Waals surface area contributed by atoms with Gasteiger partial charge in [-0.25, -0.2) is 4.98 Å². The maximum absolute atomic E-state index is 12.1. The minimum absolute atomic E-state index is 0.216. The lowest BCUT2D eigenvalue weighted by atomic mass is 10.3. The number of alkyl halides is 3. The Morgan fingerprint density at radius 1 is 1.40 bits per heavy atom. The van der Waals surface area contributed by atoms with Gasteiger partial charge in [-0.1, -0.05) is 6.07 Å². The molecule has 84 valence electrons. The standard InChI is InChI=1S/C9H12F3N3/c1-15(6-9(10,11)12)8-4-2-3-7(5-13)14-8/h2-4H,5-6,13H2,1H3. The van der Waals surface area contributed by atoms with Crippen LogP contribution in [-0.4, -0.2) is 24.8 Å². The summed E-state index contributed by atoms with van der Waals surface area (Å²) in [7, 11) is 1.34. The number of aromatic nitrogens is 1. The third-order valence-corrected chi connectivity index (χ3v) is 1.81. The fourth-order valence-corrected chi connectivity index (χ4v) is 1.14. The van der Waals surface area contributed by atoms with Gasteiger partial charge in [0, 0.05) is 13.6 Å². The fraction of sp³-hybridized carbons (Fsp3) is 0.444. The molecule has 1 heterocycles. The first-order valence-electron chi connectivity index (χ1n) is 4.36. The summed E-state index contributed by atoms with van der Waals surface area (Å²) < 4.78 is 36.2. The van der Waals surface area contributed by atoms with E-state index in [1.54, 1.807) is 12.1 Å². The highest BCUT2D eigenvalue weighted by Gasteiger charge is 2.29. The van der Waals surface area contributed by atoms with E-state index in [9.17, 15) is 13.2 Å². The minimum Gasteiger partial charge on any atom is -0.351 e. The number of nitrogens with zero attached hydrogens (tertiary/aromatic N) is 2. The van der Waals surface area contributed by atoms with Crippen LogP contribution in [0.5, 0.6) is 0 Å². The largest absolute Gasteiger partial charge is 0.405 e. The van der Waals surface area contributed by atoms with E-state index >= 15 is 0 Å². The minimum atomic E-state index is -4.23. The van der Waals surface area contributed by atoms with Crippen LogP contribution in [0.15, 0.2) is 18.2 Å². The van der Waals surface area contributed by atoms with Crippen LogP contribution < -0.4 is 10.6 Å². The lowest BCUT2D eigenvalue weighted by Crippen LogP contribution is -2.31. The number of rotatable bonds is 3. The summed E-state index contributed by atoms with van der Waals surface area (Å²) in [4.78, 5) is 5.02. The van der Waals surface area contributed by atoms with Gasteiger partial charge < -0.3 is 10.6 Å². The van der Waals surface area contributed by atoms with Crippen molar-refractivity contribution in [3.8, 4) is 0 Å². The van der Waals surface area contributed by atoms with Crippen LogP contribution in [-0.2, 0) is 6.54 Å². The third kappa shape index (κ3) is 3.75. The van der Waals surface area contributed by atoms with Gasteiger partial charge >= 0.3 is 6.18 Å². The molecule has 3 nitrogen and oxygen atoms in total. The summed E-state index contributed by atoms with van der Waals surface area (Å²) >= 11 is 0. The zero-order valence-electron chi connectivity index (χ0n) is 8.25. The molecule has 0 amide bonds. The highest BCUT2D eigenvalue weighted by atomic mass is 19.4. The number of nitrogens with two attached hydrogens (primary N) is 1. The Balaban J connectivity index is 2.77. The van der Waals surface area contributed by atoms with E-state index in [1.165, 1.54) is 13.1 Å². The zero-order chi connectivity index (χ0) is 11.5. The van der Waals surface area contributed by atoms with Crippen LogP contribution in [0, 0.1) is 0 Å². The summed E-state index contributed by atoms with van der Waals surface area (Å²) in [6.45, 7) is -0.804. The van der Waals surface area contributed by atoms with E-state index in [0.29, 0.717) is 5.69 Å². The Morgan fingerprint density at radius 3 is 2.60 bits per heavy atom. The molecule has 0 bridgehead atoms. The zero-order valence-corrected chi connectivity index (χ0v) is 8.25. The molecule has 1 aromatic rings. The molecule has 0 unspecified atom stereocenters. The molecule has 0 aliphatic heterocycles. The monoisotopic (exact) mass is 219 g/mol. The summed E-state index contributed by atoms with van der Waals surface area (Å²) in [6.07, 6.45) is -4.23. The molecule has 15 heavy (non-hydrogen) atoms. The molecule has 0 aromatic carbocycles. The van der Waals surface area contributed by atoms with Gasteiger partial charge in [0.1, 0.15) is 12.4 Å². The first-order chi connectivity index (χ1) is 6.92. The van der Waals surface area contributed by atoms with Crippen LogP contribution in [0.1, 0.15) is 5.69 Å². The quantitative estimate of drug-likeness (QED) is 0.838. The van der Waals surface area contributed by atoms with E-state index < -0.39 is 12.7 Å². The normalized spacial score (nSPS) is 11.5. The molecular weight excluding hydrogens is 207 g/mol. The van der Waals surface area contributed by atoms with Crippen molar-refractivity contribution in [3.05, 3.63) is 23.9 Å². The van der Waals surface area contributed by atoms with Crippen molar-refractivity contribution in [1.82, 2.24) is 4.98 Å². The second-order valence-corrected chi connectivity index (χ2v) is 3.16. The topological polar surface area (TPSA) is 42.1 Å². The second kappa shape index (κ2) is 4.48. The van der Waals surface area contributed by atoms with Crippen molar-refractivity contribution in [1.29, 1.82) is 0 Å². The van der Waals surface area contributed by atoms with Crippen LogP contribution in [0.25, 0.3) is 0 Å². The Kier molecular flexibility index (Phi) is 3.52. The molecule has 0 aliphatic rings. The highest BCUT2D eigenvalue weighted by molar-refractivity contribution is 5.38. The molecule has 0 aliphatic carbocycles. The molecule has 0 saturated carbocycles. The van der Waals surface area contributed by atoms with E-state index in [-0.39, 0.29) is 12.4 Å². The average molecular weight is 219 g/mol. The predicted molar refractivity (Wildman–Crippen MR) is 51.5 cm³/mol. The average Bonchev–Trinajstić information content (AvgIpc) is 2.15. The molecule has 0 atom stereocenters. The van der Waals surface area contributed by atoms with Crippen molar-refractivity contribution >= 4 is 5.82 Å². The molecule has 6 heteroatoms. The van der Waals surface area contributed by atoms with Gasteiger partial charge in [0.15, 0.2) is 0 Å². The fourth-order valence-electron chi connectivity index (χ4n) is 1.14. The molecule has 0 saturated heterocycles. The molecule has 1 rings (SSSR count). The Labute approximate surface area is 85.7 Å². The van der Waals surface area contributed by atoms with E-state index in [0.717, 1.165) is 4.90 Å². The lowest BCUT2D eigenvalue weighted by molar-refractivity contribution is -0.119. The molecule has 1 aromatic heterocycles. The van der Waals surface area contributed by atoms with Crippen molar-refractivity contribution < 1.29 is 13.2 Å². The summed E-state index contributed by atoms with van der Waals surface area (Å²) in [6, 6.07) is 4.83. The number of pyridine rings is 1. The lowest BCUT2D eigenvalue weighted by Gasteiger charge is -2.20. The Bertz CT molecular complexity index is 325. The van der Waals surface area contributed by atoms with E-state index in [4.69, 9.17) is 5.73 Å². The summed E-state index contributed by atoms with van der Waals surface area (Å²) in [5, 5.41) is 0. The van der Waals surface area contributed by atoms with Crippen molar-refractivity contribution in [3.63, 3.8) is 0 Å². The summed E-state index contributed by atoms with van der Waals surface area (Å²) in [5.74, 6) is 0.273. The van der Waals surface area contributed by atoms with E-state index in [1.807, 2.05) is 0 Å². The van der Waals surface area contributed by atoms with Crippen molar-refractivity contribution in [2.45, 2.75) is 12.7 Å². The summed E-state index contributed by atoms with van der Waals surface area (Å²) in [5.41, 5.74) is 5.91. The smallest absolute Gasteiger partial charge is 0.351 e. The van der Waals surface area contributed by atoms with Crippen molar-refractivity contribution in [2.24, 2.45) is 5.73 Å². The Morgan fingerprint density at radius 2 is 2.07 bits per heavy atom.